The molecular weight excluding hydrogens is 272 g/mol. The highest BCUT2D eigenvalue weighted by atomic mass is 35.5. The first kappa shape index (κ1) is 12.9. The molecule has 7 nitrogen and oxygen atoms in total. The Morgan fingerprint density at radius 3 is 2.47 bits per heavy atom. The molecule has 0 saturated carbocycles. The number of amides is 1. The van der Waals surface area contributed by atoms with Crippen LogP contribution in [0.15, 0.2) is 30.6 Å². The van der Waals surface area contributed by atoms with Gasteiger partial charge in [0.15, 0.2) is 0 Å². The second-order valence-electron chi connectivity index (χ2n) is 3.59. The fraction of sp³-hybridized carbons (Fsp3) is 0. The third kappa shape index (κ3) is 2.66. The molecule has 0 atom stereocenters. The van der Waals surface area contributed by atoms with E-state index in [0.717, 1.165) is 0 Å². The Hall–Kier alpha value is -2.54. The van der Waals surface area contributed by atoms with E-state index in [9.17, 15) is 14.9 Å². The molecule has 0 aliphatic heterocycles. The van der Waals surface area contributed by atoms with Crippen LogP contribution in [-0.4, -0.2) is 20.8 Å². The number of nitro groups is 1. The number of hydrogen-bond acceptors (Lipinski definition) is 5. The Kier molecular flexibility index (Phi) is 3.39. The van der Waals surface area contributed by atoms with Gasteiger partial charge in [-0.3, -0.25) is 14.9 Å². The van der Waals surface area contributed by atoms with E-state index in [-0.39, 0.29) is 22.1 Å². The van der Waals surface area contributed by atoms with Crippen molar-refractivity contribution in [1.29, 1.82) is 0 Å². The molecule has 0 aliphatic carbocycles. The summed E-state index contributed by atoms with van der Waals surface area (Å²) >= 11 is 5.55. The number of halogens is 1. The third-order valence-electron chi connectivity index (χ3n) is 2.41. The molecule has 2 aromatic rings. The molecule has 0 unspecified atom stereocenters. The van der Waals surface area contributed by atoms with Crippen LogP contribution in [0.3, 0.4) is 0 Å². The number of nitrogens with two attached hydrogens (primary N) is 1. The first-order chi connectivity index (χ1) is 8.99. The summed E-state index contributed by atoms with van der Waals surface area (Å²) in [6.45, 7) is 0. The molecule has 0 saturated heterocycles. The van der Waals surface area contributed by atoms with Gasteiger partial charge in [0, 0.05) is 29.6 Å². The summed E-state index contributed by atoms with van der Waals surface area (Å²) in [4.78, 5) is 29.0. The smallest absolute Gasteiger partial charge is 0.277 e. The topological polar surface area (TPSA) is 112 Å². The van der Waals surface area contributed by atoms with Crippen LogP contribution < -0.4 is 5.73 Å². The maximum atomic E-state index is 11.1. The van der Waals surface area contributed by atoms with Crippen molar-refractivity contribution in [3.8, 4) is 11.1 Å². The summed E-state index contributed by atoms with van der Waals surface area (Å²) in [5.41, 5.74) is 5.72. The Balaban J connectivity index is 2.64. The lowest BCUT2D eigenvalue weighted by molar-refractivity contribution is -0.384. The van der Waals surface area contributed by atoms with Crippen LogP contribution in [0.5, 0.6) is 0 Å². The standard InChI is InChI=1S/C11H7ClN4O3/c12-11-14-4-7(5-15-11)8-3-6(10(13)17)1-2-9(8)16(18)19/h1-5H,(H2,13,17). The van der Waals surface area contributed by atoms with Gasteiger partial charge >= 0.3 is 0 Å². The number of primary amides is 1. The minimum Gasteiger partial charge on any atom is -0.366 e. The summed E-state index contributed by atoms with van der Waals surface area (Å²) < 4.78 is 0. The first-order valence-corrected chi connectivity index (χ1v) is 5.43. The molecule has 96 valence electrons. The average molecular weight is 279 g/mol. The van der Waals surface area contributed by atoms with Crippen molar-refractivity contribution in [2.24, 2.45) is 5.73 Å². The van der Waals surface area contributed by atoms with Crippen LogP contribution in [0.1, 0.15) is 10.4 Å². The molecule has 8 heteroatoms. The number of rotatable bonds is 3. The van der Waals surface area contributed by atoms with E-state index in [4.69, 9.17) is 17.3 Å². The molecule has 1 aromatic carbocycles. The fourth-order valence-corrected chi connectivity index (χ4v) is 1.63. The Bertz CT molecular complexity index is 657. The molecule has 1 aromatic heterocycles. The molecule has 0 fully saturated rings. The lowest BCUT2D eigenvalue weighted by atomic mass is 10.0. The Labute approximate surface area is 112 Å². The largest absolute Gasteiger partial charge is 0.366 e. The van der Waals surface area contributed by atoms with E-state index < -0.39 is 10.8 Å². The van der Waals surface area contributed by atoms with Crippen molar-refractivity contribution in [1.82, 2.24) is 9.97 Å². The number of carbonyl (C=O) groups excluding carboxylic acids is 1. The van der Waals surface area contributed by atoms with Gasteiger partial charge in [0.05, 0.1) is 10.5 Å². The second-order valence-corrected chi connectivity index (χ2v) is 3.93. The van der Waals surface area contributed by atoms with Crippen molar-refractivity contribution >= 4 is 23.2 Å². The molecule has 0 radical (unpaired) electrons. The Morgan fingerprint density at radius 1 is 1.32 bits per heavy atom. The normalized spacial score (nSPS) is 10.2. The Morgan fingerprint density at radius 2 is 1.95 bits per heavy atom. The monoisotopic (exact) mass is 278 g/mol. The van der Waals surface area contributed by atoms with Crippen molar-refractivity contribution in [3.63, 3.8) is 0 Å². The third-order valence-corrected chi connectivity index (χ3v) is 2.60. The molecule has 0 bridgehead atoms. The van der Waals surface area contributed by atoms with E-state index in [1.54, 1.807) is 0 Å². The van der Waals surface area contributed by atoms with E-state index in [1.807, 2.05) is 0 Å². The van der Waals surface area contributed by atoms with E-state index in [2.05, 4.69) is 9.97 Å². The molecule has 2 N–H and O–H groups in total. The SMILES string of the molecule is NC(=O)c1ccc([N+](=O)[O-])c(-c2cnc(Cl)nc2)c1. The van der Waals surface area contributed by atoms with Crippen LogP contribution >= 0.6 is 11.6 Å². The van der Waals surface area contributed by atoms with Crippen LogP contribution in [0, 0.1) is 10.1 Å². The number of benzene rings is 1. The minimum atomic E-state index is -0.675. The number of nitrogens with zero attached hydrogens (tertiary/aromatic N) is 3. The van der Waals surface area contributed by atoms with Gasteiger partial charge in [-0.1, -0.05) is 0 Å². The molecule has 2 rings (SSSR count). The van der Waals surface area contributed by atoms with Gasteiger partial charge < -0.3 is 5.73 Å². The number of nitro benzene ring substituents is 1. The van der Waals surface area contributed by atoms with Gasteiger partial charge in [-0.15, -0.1) is 0 Å². The van der Waals surface area contributed by atoms with Crippen molar-refractivity contribution in [2.75, 3.05) is 0 Å². The number of hydrogen-bond donors (Lipinski definition) is 1. The van der Waals surface area contributed by atoms with E-state index in [1.165, 1.54) is 30.6 Å². The van der Waals surface area contributed by atoms with Crippen molar-refractivity contribution in [2.45, 2.75) is 0 Å². The highest BCUT2D eigenvalue weighted by Crippen LogP contribution is 2.30. The minimum absolute atomic E-state index is 0.0254. The van der Waals surface area contributed by atoms with Gasteiger partial charge in [0.1, 0.15) is 0 Å². The molecule has 0 spiro atoms. The molecule has 0 aliphatic rings. The average Bonchev–Trinajstić information content (AvgIpc) is 2.38. The summed E-state index contributed by atoms with van der Waals surface area (Å²) in [5.74, 6) is -0.675. The van der Waals surface area contributed by atoms with Crippen LogP contribution in [0.4, 0.5) is 5.69 Å². The van der Waals surface area contributed by atoms with Gasteiger partial charge in [0.2, 0.25) is 11.2 Å². The maximum absolute atomic E-state index is 11.1. The summed E-state index contributed by atoms with van der Waals surface area (Å²) in [6, 6.07) is 3.83. The van der Waals surface area contributed by atoms with E-state index in [0.29, 0.717) is 5.56 Å². The second kappa shape index (κ2) is 4.99. The molecular formula is C11H7ClN4O3. The zero-order valence-corrected chi connectivity index (χ0v) is 10.2. The van der Waals surface area contributed by atoms with Gasteiger partial charge in [-0.25, -0.2) is 9.97 Å². The van der Waals surface area contributed by atoms with Crippen molar-refractivity contribution < 1.29 is 9.72 Å². The summed E-state index contributed by atoms with van der Waals surface area (Å²) in [6.07, 6.45) is 2.67. The highest BCUT2D eigenvalue weighted by Gasteiger charge is 2.17. The van der Waals surface area contributed by atoms with E-state index >= 15 is 0 Å². The van der Waals surface area contributed by atoms with Gasteiger partial charge in [-0.2, -0.15) is 0 Å². The zero-order chi connectivity index (χ0) is 14.0. The van der Waals surface area contributed by atoms with Gasteiger partial charge in [-0.05, 0) is 23.7 Å². The fourth-order valence-electron chi connectivity index (χ4n) is 1.53. The number of carbonyl (C=O) groups is 1. The highest BCUT2D eigenvalue weighted by molar-refractivity contribution is 6.28. The van der Waals surface area contributed by atoms with Crippen LogP contribution in [0.2, 0.25) is 5.28 Å². The predicted molar refractivity (Wildman–Crippen MR) is 67.7 cm³/mol. The van der Waals surface area contributed by atoms with Crippen LogP contribution in [0.25, 0.3) is 11.1 Å². The molecule has 1 heterocycles. The maximum Gasteiger partial charge on any atom is 0.277 e. The zero-order valence-electron chi connectivity index (χ0n) is 9.41. The summed E-state index contributed by atoms with van der Waals surface area (Å²) in [7, 11) is 0. The molecule has 1 amide bonds. The quantitative estimate of drug-likeness (QED) is 0.522. The lowest BCUT2D eigenvalue weighted by Crippen LogP contribution is -2.11. The van der Waals surface area contributed by atoms with Crippen LogP contribution in [-0.2, 0) is 0 Å². The lowest BCUT2D eigenvalue weighted by Gasteiger charge is -2.04. The predicted octanol–water partition coefficient (Wildman–Crippen LogP) is 1.80. The number of aromatic nitrogens is 2. The first-order valence-electron chi connectivity index (χ1n) is 5.05. The van der Waals surface area contributed by atoms with Crippen molar-refractivity contribution in [3.05, 3.63) is 51.6 Å². The van der Waals surface area contributed by atoms with Gasteiger partial charge in [0.25, 0.3) is 5.69 Å². The summed E-state index contributed by atoms with van der Waals surface area (Å²) in [5, 5.41) is 11.0. The molecule has 19 heavy (non-hydrogen) atoms.